The summed E-state index contributed by atoms with van der Waals surface area (Å²) in [5.41, 5.74) is 8.36. The Kier molecular flexibility index (Phi) is 5.39. The average molecular weight is 449 g/mol. The van der Waals surface area contributed by atoms with E-state index in [9.17, 15) is 4.79 Å². The smallest absolute Gasteiger partial charge is 0.273 e. The topological polar surface area (TPSA) is 76.1 Å². The third kappa shape index (κ3) is 4.05. The fourth-order valence-corrected chi connectivity index (χ4v) is 3.35. The molecule has 4 aromatic rings. The normalized spacial score (nSPS) is 10.6. The Morgan fingerprint density at radius 1 is 0.966 bits per heavy atom. The highest BCUT2D eigenvalue weighted by atomic mass is 79.9. The summed E-state index contributed by atoms with van der Waals surface area (Å²) in [5, 5.41) is 0.909. The van der Waals surface area contributed by atoms with E-state index in [0.29, 0.717) is 17.3 Å². The number of halogens is 1. The minimum atomic E-state index is -0.344. The number of benzene rings is 3. The number of carbonyl (C=O) groups is 1. The van der Waals surface area contributed by atoms with Gasteiger partial charge < -0.3 is 4.74 Å². The molecule has 0 radical (unpaired) electrons. The first-order valence-corrected chi connectivity index (χ1v) is 9.67. The Hall–Kier alpha value is -3.45. The summed E-state index contributed by atoms with van der Waals surface area (Å²) in [6, 6.07) is 22.6. The van der Waals surface area contributed by atoms with E-state index >= 15 is 0 Å². The van der Waals surface area contributed by atoms with Crippen molar-refractivity contribution >= 4 is 38.7 Å². The van der Waals surface area contributed by atoms with Gasteiger partial charge in [-0.2, -0.15) is 0 Å². The molecule has 0 unspecified atom stereocenters. The summed E-state index contributed by atoms with van der Waals surface area (Å²) in [6.07, 6.45) is 0. The summed E-state index contributed by atoms with van der Waals surface area (Å²) < 4.78 is 6.18. The summed E-state index contributed by atoms with van der Waals surface area (Å²) >= 11 is 3.51. The van der Waals surface area contributed by atoms with Gasteiger partial charge in [0.05, 0.1) is 23.9 Å². The second-order valence-corrected chi connectivity index (χ2v) is 7.12. The number of aromatic nitrogens is 2. The largest absolute Gasteiger partial charge is 0.496 e. The van der Waals surface area contributed by atoms with Crippen molar-refractivity contribution in [2.45, 2.75) is 0 Å². The van der Waals surface area contributed by atoms with Crippen molar-refractivity contribution in [3.8, 4) is 17.0 Å². The lowest BCUT2D eigenvalue weighted by Gasteiger charge is -2.12. The third-order valence-electron chi connectivity index (χ3n) is 4.34. The lowest BCUT2D eigenvalue weighted by Crippen LogP contribution is -2.30. The van der Waals surface area contributed by atoms with Crippen LogP contribution in [0.2, 0.25) is 0 Å². The number of carbonyl (C=O) groups excluding carboxylic acids is 1. The van der Waals surface area contributed by atoms with Crippen molar-refractivity contribution in [2.24, 2.45) is 0 Å². The second-order valence-electron chi connectivity index (χ2n) is 6.20. The Morgan fingerprint density at radius 2 is 1.72 bits per heavy atom. The minimum absolute atomic E-state index is 0.293. The molecule has 0 saturated carbocycles. The number of methoxy groups -OCH3 is 1. The molecular weight excluding hydrogens is 432 g/mol. The van der Waals surface area contributed by atoms with Crippen LogP contribution in [0.1, 0.15) is 10.4 Å². The van der Waals surface area contributed by atoms with Gasteiger partial charge in [0, 0.05) is 15.4 Å². The van der Waals surface area contributed by atoms with Crippen LogP contribution in [0.5, 0.6) is 5.75 Å². The van der Waals surface area contributed by atoms with Crippen molar-refractivity contribution < 1.29 is 9.53 Å². The van der Waals surface area contributed by atoms with Gasteiger partial charge in [0.15, 0.2) is 0 Å². The van der Waals surface area contributed by atoms with Crippen LogP contribution < -0.4 is 15.6 Å². The van der Waals surface area contributed by atoms with Crippen LogP contribution in [0.25, 0.3) is 22.2 Å². The molecule has 144 valence electrons. The molecule has 2 N–H and O–H groups in total. The van der Waals surface area contributed by atoms with E-state index in [-0.39, 0.29) is 5.91 Å². The highest BCUT2D eigenvalue weighted by Gasteiger charge is 2.13. The van der Waals surface area contributed by atoms with Crippen LogP contribution in [-0.2, 0) is 0 Å². The molecule has 1 aromatic heterocycles. The Bertz CT molecular complexity index is 1180. The number of rotatable bonds is 5. The second kappa shape index (κ2) is 8.28. The zero-order valence-corrected chi connectivity index (χ0v) is 17.1. The number of nitrogens with one attached hydrogen (secondary N) is 2. The first-order valence-electron chi connectivity index (χ1n) is 8.88. The van der Waals surface area contributed by atoms with E-state index < -0.39 is 0 Å². The zero-order valence-electron chi connectivity index (χ0n) is 15.5. The number of ether oxygens (including phenoxy) is 1. The minimum Gasteiger partial charge on any atom is -0.496 e. The molecule has 0 fully saturated rings. The van der Waals surface area contributed by atoms with Crippen molar-refractivity contribution in [2.75, 3.05) is 12.5 Å². The fraction of sp³-hybridized carbons (Fsp3) is 0.0455. The standard InChI is InChI=1S/C22H17BrN4O2/c1-29-19-10-6-5-9-16(19)21(28)26-27-22-24-18-12-11-15(23)13-17(18)20(25-22)14-7-3-2-4-8-14/h2-13H,1H3,(H,26,28)(H,24,25,27). The van der Waals surface area contributed by atoms with Crippen LogP contribution in [-0.4, -0.2) is 23.0 Å². The van der Waals surface area contributed by atoms with E-state index in [4.69, 9.17) is 4.74 Å². The quantitative estimate of drug-likeness (QED) is 0.427. The van der Waals surface area contributed by atoms with Crippen molar-refractivity contribution in [3.05, 3.63) is 82.8 Å². The van der Waals surface area contributed by atoms with E-state index in [1.165, 1.54) is 7.11 Å². The summed E-state index contributed by atoms with van der Waals surface area (Å²) in [7, 11) is 1.52. The van der Waals surface area contributed by atoms with Crippen LogP contribution >= 0.6 is 15.9 Å². The number of anilines is 1. The zero-order chi connectivity index (χ0) is 20.2. The molecule has 6 nitrogen and oxygen atoms in total. The van der Waals surface area contributed by atoms with E-state index in [1.54, 1.807) is 24.3 Å². The number of fused-ring (bicyclic) bond motifs is 1. The number of nitrogens with zero attached hydrogens (tertiary/aromatic N) is 2. The summed E-state index contributed by atoms with van der Waals surface area (Å²) in [5.74, 6) is 0.436. The Balaban J connectivity index is 1.68. The maximum atomic E-state index is 12.5. The van der Waals surface area contributed by atoms with Gasteiger partial charge in [0.25, 0.3) is 5.91 Å². The molecule has 0 saturated heterocycles. The van der Waals surface area contributed by atoms with Crippen molar-refractivity contribution in [1.29, 1.82) is 0 Å². The molecule has 0 aliphatic rings. The van der Waals surface area contributed by atoms with Gasteiger partial charge in [-0.15, -0.1) is 0 Å². The predicted octanol–water partition coefficient (Wildman–Crippen LogP) is 4.82. The maximum absolute atomic E-state index is 12.5. The molecule has 0 aliphatic heterocycles. The van der Waals surface area contributed by atoms with Crippen LogP contribution in [0.4, 0.5) is 5.95 Å². The number of hydrogen-bond acceptors (Lipinski definition) is 5. The van der Waals surface area contributed by atoms with Crippen LogP contribution in [0.3, 0.4) is 0 Å². The SMILES string of the molecule is COc1ccccc1C(=O)NNc1nc(-c2ccccc2)c2cc(Br)ccc2n1. The molecule has 1 heterocycles. The highest BCUT2D eigenvalue weighted by molar-refractivity contribution is 9.10. The molecule has 0 spiro atoms. The molecule has 7 heteroatoms. The highest BCUT2D eigenvalue weighted by Crippen LogP contribution is 2.29. The molecule has 3 aromatic carbocycles. The van der Waals surface area contributed by atoms with Crippen LogP contribution in [0.15, 0.2) is 77.3 Å². The monoisotopic (exact) mass is 448 g/mol. The molecule has 0 aliphatic carbocycles. The predicted molar refractivity (Wildman–Crippen MR) is 117 cm³/mol. The van der Waals surface area contributed by atoms with Gasteiger partial charge in [-0.1, -0.05) is 58.4 Å². The molecular formula is C22H17BrN4O2. The lowest BCUT2D eigenvalue weighted by atomic mass is 10.1. The molecule has 0 atom stereocenters. The number of amides is 1. The lowest BCUT2D eigenvalue weighted by molar-refractivity contribution is 0.0959. The fourth-order valence-electron chi connectivity index (χ4n) is 2.98. The van der Waals surface area contributed by atoms with E-state index in [1.807, 2.05) is 48.5 Å². The van der Waals surface area contributed by atoms with Gasteiger partial charge in [-0.3, -0.25) is 15.6 Å². The number of hydrogen-bond donors (Lipinski definition) is 2. The van der Waals surface area contributed by atoms with Crippen molar-refractivity contribution in [1.82, 2.24) is 15.4 Å². The maximum Gasteiger partial charge on any atom is 0.273 e. The Labute approximate surface area is 176 Å². The third-order valence-corrected chi connectivity index (χ3v) is 4.84. The molecule has 0 bridgehead atoms. The van der Waals surface area contributed by atoms with Crippen LogP contribution in [0, 0.1) is 0 Å². The summed E-state index contributed by atoms with van der Waals surface area (Å²) in [6.45, 7) is 0. The summed E-state index contributed by atoms with van der Waals surface area (Å²) in [4.78, 5) is 21.7. The van der Waals surface area contributed by atoms with Gasteiger partial charge >= 0.3 is 0 Å². The molecule has 29 heavy (non-hydrogen) atoms. The van der Waals surface area contributed by atoms with E-state index in [0.717, 1.165) is 26.6 Å². The molecule has 4 rings (SSSR count). The number of hydrazine groups is 1. The first kappa shape index (κ1) is 18.9. The van der Waals surface area contributed by atoms with Gasteiger partial charge in [0.1, 0.15) is 5.75 Å². The average Bonchev–Trinajstić information content (AvgIpc) is 2.77. The van der Waals surface area contributed by atoms with E-state index in [2.05, 4.69) is 36.7 Å². The Morgan fingerprint density at radius 3 is 2.52 bits per heavy atom. The first-order chi connectivity index (χ1) is 14.2. The number of para-hydroxylation sites is 1. The molecule has 1 amide bonds. The van der Waals surface area contributed by atoms with Gasteiger partial charge in [-0.05, 0) is 30.3 Å². The van der Waals surface area contributed by atoms with Gasteiger partial charge in [-0.25, -0.2) is 9.97 Å². The van der Waals surface area contributed by atoms with Crippen molar-refractivity contribution in [3.63, 3.8) is 0 Å². The van der Waals surface area contributed by atoms with Gasteiger partial charge in [0.2, 0.25) is 5.95 Å².